The number of unbranched alkanes of at least 4 members (excludes halogenated alkanes) is 1. The topological polar surface area (TPSA) is 68.0 Å². The number of rotatable bonds is 8. The minimum Gasteiger partial charge on any atom is -0.356 e. The molecule has 126 valence electrons. The number of hydrogen-bond acceptors (Lipinski definition) is 5. The third kappa shape index (κ3) is 6.14. The number of aromatic nitrogens is 2. The maximum atomic E-state index is 11.8. The number of amides is 1. The zero-order valence-corrected chi connectivity index (χ0v) is 14.9. The van der Waals surface area contributed by atoms with Gasteiger partial charge in [-0.1, -0.05) is 32.0 Å². The first-order valence-electron chi connectivity index (χ1n) is 8.07. The Kier molecular flexibility index (Phi) is 6.33. The first-order valence-corrected chi connectivity index (χ1v) is 8.95. The summed E-state index contributed by atoms with van der Waals surface area (Å²) in [6.45, 7) is 6.64. The van der Waals surface area contributed by atoms with Crippen LogP contribution in [-0.4, -0.2) is 22.6 Å². The number of nitrogens with one attached hydrogen (secondary N) is 1. The summed E-state index contributed by atoms with van der Waals surface area (Å²) in [5, 5.41) is 8.95. The fourth-order valence-electron chi connectivity index (χ4n) is 2.10. The number of carbonyl (C=O) groups excluding carboxylic acids is 1. The van der Waals surface area contributed by atoms with Gasteiger partial charge in [-0.2, -0.15) is 4.98 Å². The highest BCUT2D eigenvalue weighted by Gasteiger charge is 2.21. The van der Waals surface area contributed by atoms with Crippen molar-refractivity contribution in [3.8, 4) is 0 Å². The molecule has 2 rings (SSSR count). The number of nitrogens with zero attached hydrogens (tertiary/aromatic N) is 2. The van der Waals surface area contributed by atoms with Crippen LogP contribution >= 0.6 is 11.3 Å². The number of hydrogen-bond donors (Lipinski definition) is 1. The van der Waals surface area contributed by atoms with Gasteiger partial charge in [0.25, 0.3) is 0 Å². The molecule has 0 bridgehead atoms. The van der Waals surface area contributed by atoms with Gasteiger partial charge >= 0.3 is 0 Å². The average molecular weight is 335 g/mol. The Bertz CT molecular complexity index is 600. The van der Waals surface area contributed by atoms with E-state index < -0.39 is 0 Å². The largest absolute Gasteiger partial charge is 0.356 e. The van der Waals surface area contributed by atoms with Crippen LogP contribution in [0.5, 0.6) is 0 Å². The van der Waals surface area contributed by atoms with Gasteiger partial charge in [-0.25, -0.2) is 0 Å². The quantitative estimate of drug-likeness (QED) is 0.750. The molecule has 0 aromatic carbocycles. The van der Waals surface area contributed by atoms with Crippen LogP contribution in [0.3, 0.4) is 0 Å². The van der Waals surface area contributed by atoms with Gasteiger partial charge in [0.1, 0.15) is 0 Å². The van der Waals surface area contributed by atoms with Crippen LogP contribution in [0.1, 0.15) is 56.6 Å². The third-order valence-corrected chi connectivity index (χ3v) is 4.37. The standard InChI is InChI=1S/C17H25N3O2S/c1-17(2,3)16-19-14(20-22-16)10-11-18-15(21)9-5-4-7-13-8-6-12-23-13/h6,8,12H,4-5,7,9-11H2,1-3H3,(H,18,21). The molecule has 0 saturated carbocycles. The van der Waals surface area contributed by atoms with E-state index in [-0.39, 0.29) is 11.3 Å². The molecule has 5 nitrogen and oxygen atoms in total. The van der Waals surface area contributed by atoms with Crippen molar-refractivity contribution < 1.29 is 9.32 Å². The fraction of sp³-hybridized carbons (Fsp3) is 0.588. The third-order valence-electron chi connectivity index (χ3n) is 3.44. The summed E-state index contributed by atoms with van der Waals surface area (Å²) in [5.41, 5.74) is -0.142. The number of carbonyl (C=O) groups is 1. The van der Waals surface area contributed by atoms with Gasteiger partial charge in [0.05, 0.1) is 0 Å². The van der Waals surface area contributed by atoms with E-state index in [1.807, 2.05) is 20.8 Å². The SMILES string of the molecule is CC(C)(C)c1nc(CCNC(=O)CCCCc2cccs2)no1. The van der Waals surface area contributed by atoms with Gasteiger partial charge in [0, 0.05) is 29.7 Å². The molecule has 0 fully saturated rings. The zero-order chi connectivity index (χ0) is 16.7. The minimum atomic E-state index is -0.142. The molecule has 0 unspecified atom stereocenters. The predicted octanol–water partition coefficient (Wildman–Crippen LogP) is 3.50. The second kappa shape index (κ2) is 8.24. The minimum absolute atomic E-state index is 0.0933. The Morgan fingerprint density at radius 3 is 2.78 bits per heavy atom. The molecule has 2 heterocycles. The Labute approximate surface area is 141 Å². The second-order valence-corrected chi connectivity index (χ2v) is 7.68. The van der Waals surface area contributed by atoms with E-state index in [1.54, 1.807) is 11.3 Å². The van der Waals surface area contributed by atoms with Gasteiger partial charge in [0.15, 0.2) is 5.82 Å². The molecule has 0 aliphatic heterocycles. The number of aryl methyl sites for hydroxylation is 1. The van der Waals surface area contributed by atoms with E-state index in [2.05, 4.69) is 33.0 Å². The Balaban J connectivity index is 1.58. The Morgan fingerprint density at radius 1 is 1.30 bits per heavy atom. The second-order valence-electron chi connectivity index (χ2n) is 6.65. The summed E-state index contributed by atoms with van der Waals surface area (Å²) >= 11 is 1.77. The van der Waals surface area contributed by atoms with Crippen molar-refractivity contribution in [1.82, 2.24) is 15.5 Å². The Hall–Kier alpha value is -1.69. The van der Waals surface area contributed by atoms with Crippen LogP contribution in [0.4, 0.5) is 0 Å². The summed E-state index contributed by atoms with van der Waals surface area (Å²) < 4.78 is 5.23. The maximum absolute atomic E-state index is 11.8. The lowest BCUT2D eigenvalue weighted by atomic mass is 9.97. The van der Waals surface area contributed by atoms with E-state index in [0.717, 1.165) is 19.3 Å². The molecule has 0 spiro atoms. The summed E-state index contributed by atoms with van der Waals surface area (Å²) in [6.07, 6.45) is 4.20. The highest BCUT2D eigenvalue weighted by atomic mass is 32.1. The van der Waals surface area contributed by atoms with Crippen LogP contribution in [0.25, 0.3) is 0 Å². The molecule has 23 heavy (non-hydrogen) atoms. The lowest BCUT2D eigenvalue weighted by molar-refractivity contribution is -0.121. The zero-order valence-electron chi connectivity index (χ0n) is 14.1. The summed E-state index contributed by atoms with van der Waals surface area (Å²) in [6, 6.07) is 4.21. The van der Waals surface area contributed by atoms with Crippen molar-refractivity contribution in [2.75, 3.05) is 6.54 Å². The maximum Gasteiger partial charge on any atom is 0.232 e. The van der Waals surface area contributed by atoms with Gasteiger partial charge in [-0.3, -0.25) is 4.79 Å². The molecule has 0 aliphatic carbocycles. The van der Waals surface area contributed by atoms with Crippen molar-refractivity contribution >= 4 is 17.2 Å². The van der Waals surface area contributed by atoms with Crippen molar-refractivity contribution in [2.45, 2.75) is 58.3 Å². The highest BCUT2D eigenvalue weighted by Crippen LogP contribution is 2.19. The summed E-state index contributed by atoms with van der Waals surface area (Å²) in [7, 11) is 0. The molecule has 1 N–H and O–H groups in total. The molecule has 6 heteroatoms. The lowest BCUT2D eigenvalue weighted by Crippen LogP contribution is -2.25. The number of thiophene rings is 1. The molecule has 2 aromatic rings. The Morgan fingerprint density at radius 2 is 2.13 bits per heavy atom. The van der Waals surface area contributed by atoms with Crippen LogP contribution in [-0.2, 0) is 23.1 Å². The molecule has 1 amide bonds. The smallest absolute Gasteiger partial charge is 0.232 e. The van der Waals surface area contributed by atoms with E-state index in [1.165, 1.54) is 4.88 Å². The monoisotopic (exact) mass is 335 g/mol. The molecule has 0 aliphatic rings. The molecular formula is C17H25N3O2S. The highest BCUT2D eigenvalue weighted by molar-refractivity contribution is 7.09. The molecule has 2 aromatic heterocycles. The van der Waals surface area contributed by atoms with Crippen LogP contribution < -0.4 is 5.32 Å². The van der Waals surface area contributed by atoms with Gasteiger partial charge in [-0.15, -0.1) is 11.3 Å². The van der Waals surface area contributed by atoms with Crippen LogP contribution in [0.15, 0.2) is 22.0 Å². The van der Waals surface area contributed by atoms with Crippen molar-refractivity contribution in [3.05, 3.63) is 34.1 Å². The summed E-state index contributed by atoms with van der Waals surface area (Å²) in [5.74, 6) is 1.37. The van der Waals surface area contributed by atoms with E-state index in [4.69, 9.17) is 4.52 Å². The summed E-state index contributed by atoms with van der Waals surface area (Å²) in [4.78, 5) is 17.5. The lowest BCUT2D eigenvalue weighted by Gasteiger charge is -2.10. The van der Waals surface area contributed by atoms with E-state index >= 15 is 0 Å². The molecular weight excluding hydrogens is 310 g/mol. The van der Waals surface area contributed by atoms with Crippen molar-refractivity contribution in [3.63, 3.8) is 0 Å². The van der Waals surface area contributed by atoms with Crippen molar-refractivity contribution in [1.29, 1.82) is 0 Å². The fourth-order valence-corrected chi connectivity index (χ4v) is 2.85. The van der Waals surface area contributed by atoms with Gasteiger partial charge < -0.3 is 9.84 Å². The van der Waals surface area contributed by atoms with E-state index in [9.17, 15) is 4.79 Å². The van der Waals surface area contributed by atoms with Crippen LogP contribution in [0, 0.1) is 0 Å². The predicted molar refractivity (Wildman–Crippen MR) is 91.6 cm³/mol. The average Bonchev–Trinajstić information content (AvgIpc) is 3.14. The molecule has 0 radical (unpaired) electrons. The normalized spacial score (nSPS) is 11.6. The first kappa shape index (κ1) is 17.7. The van der Waals surface area contributed by atoms with Crippen molar-refractivity contribution in [2.24, 2.45) is 0 Å². The van der Waals surface area contributed by atoms with E-state index in [0.29, 0.717) is 31.1 Å². The first-order chi connectivity index (χ1) is 10.9. The van der Waals surface area contributed by atoms with Gasteiger partial charge in [-0.05, 0) is 30.7 Å². The van der Waals surface area contributed by atoms with Gasteiger partial charge in [0.2, 0.25) is 11.8 Å². The molecule has 0 saturated heterocycles. The molecule has 0 atom stereocenters. The van der Waals surface area contributed by atoms with Crippen LogP contribution in [0.2, 0.25) is 0 Å².